The third-order valence-electron chi connectivity index (χ3n) is 4.35. The van der Waals surface area contributed by atoms with Gasteiger partial charge in [0.25, 0.3) is 0 Å². The quantitative estimate of drug-likeness (QED) is 0.875. The van der Waals surface area contributed by atoms with Crippen LogP contribution in [0.15, 0.2) is 18.2 Å². The molecule has 1 saturated heterocycles. The molecule has 0 unspecified atom stereocenters. The maximum atomic E-state index is 3.53. The van der Waals surface area contributed by atoms with Crippen molar-refractivity contribution in [3.8, 4) is 0 Å². The summed E-state index contributed by atoms with van der Waals surface area (Å²) in [5.74, 6) is 0. The number of para-hydroxylation sites is 1. The minimum absolute atomic E-state index is 0.226. The van der Waals surface area contributed by atoms with Crippen molar-refractivity contribution in [1.29, 1.82) is 0 Å². The predicted octanol–water partition coefficient (Wildman–Crippen LogP) is 3.53. The number of anilines is 1. The first kappa shape index (κ1) is 14.4. The fourth-order valence-corrected chi connectivity index (χ4v) is 3.12. The van der Waals surface area contributed by atoms with Crippen LogP contribution < -0.4 is 10.2 Å². The predicted molar refractivity (Wildman–Crippen MR) is 84.1 cm³/mol. The van der Waals surface area contributed by atoms with Gasteiger partial charge in [0.15, 0.2) is 0 Å². The van der Waals surface area contributed by atoms with Crippen LogP contribution in [0.3, 0.4) is 0 Å². The van der Waals surface area contributed by atoms with Gasteiger partial charge in [-0.05, 0) is 64.3 Å². The molecule has 1 aromatic rings. The van der Waals surface area contributed by atoms with Crippen molar-refractivity contribution in [2.24, 2.45) is 0 Å². The van der Waals surface area contributed by atoms with Gasteiger partial charge in [0.1, 0.15) is 0 Å². The zero-order valence-electron chi connectivity index (χ0n) is 12.9. The fourth-order valence-electron chi connectivity index (χ4n) is 3.12. The van der Waals surface area contributed by atoms with Gasteiger partial charge in [-0.2, -0.15) is 0 Å². The van der Waals surface area contributed by atoms with E-state index in [0.717, 1.165) is 26.1 Å². The molecule has 2 heteroatoms. The zero-order chi connectivity index (χ0) is 13.9. The Bertz CT molecular complexity index is 423. The molecule has 1 aliphatic heterocycles. The van der Waals surface area contributed by atoms with Gasteiger partial charge in [-0.3, -0.25) is 0 Å². The van der Waals surface area contributed by atoms with Crippen LogP contribution >= 0.6 is 0 Å². The van der Waals surface area contributed by atoms with Gasteiger partial charge < -0.3 is 10.2 Å². The molecule has 2 nitrogen and oxygen atoms in total. The van der Waals surface area contributed by atoms with Gasteiger partial charge in [0.2, 0.25) is 0 Å². The first-order valence-corrected chi connectivity index (χ1v) is 7.63. The third-order valence-corrected chi connectivity index (χ3v) is 4.35. The largest absolute Gasteiger partial charge is 0.366 e. The second-order valence-electron chi connectivity index (χ2n) is 6.25. The highest BCUT2D eigenvalue weighted by atomic mass is 15.2. The van der Waals surface area contributed by atoms with Crippen molar-refractivity contribution in [2.75, 3.05) is 24.5 Å². The van der Waals surface area contributed by atoms with Crippen LogP contribution in [0.1, 0.15) is 44.7 Å². The lowest BCUT2D eigenvalue weighted by Crippen LogP contribution is -2.49. The molecular formula is C17H28N2. The molecule has 0 radical (unpaired) electrons. The van der Waals surface area contributed by atoms with E-state index in [2.05, 4.69) is 56.1 Å². The molecule has 1 N–H and O–H groups in total. The summed E-state index contributed by atoms with van der Waals surface area (Å²) in [6, 6.07) is 6.73. The highest BCUT2D eigenvalue weighted by Gasteiger charge is 2.29. The Morgan fingerprint density at radius 2 is 2.05 bits per heavy atom. The van der Waals surface area contributed by atoms with E-state index in [1.807, 2.05) is 0 Å². The summed E-state index contributed by atoms with van der Waals surface area (Å²) in [6.07, 6.45) is 3.53. The lowest BCUT2D eigenvalue weighted by atomic mass is 9.93. The van der Waals surface area contributed by atoms with Crippen LogP contribution in [0.2, 0.25) is 0 Å². The molecule has 1 fully saturated rings. The summed E-state index contributed by atoms with van der Waals surface area (Å²) in [5, 5.41) is 3.53. The first-order valence-electron chi connectivity index (χ1n) is 7.63. The summed E-state index contributed by atoms with van der Waals surface area (Å²) in [4.78, 5) is 2.65. The molecule has 2 rings (SSSR count). The third kappa shape index (κ3) is 3.11. The topological polar surface area (TPSA) is 15.3 Å². The minimum atomic E-state index is 0.226. The van der Waals surface area contributed by atoms with E-state index in [1.165, 1.54) is 29.7 Å². The number of benzene rings is 1. The Morgan fingerprint density at radius 3 is 2.79 bits per heavy atom. The van der Waals surface area contributed by atoms with Crippen LogP contribution in [0.25, 0.3) is 0 Å². The molecule has 0 spiro atoms. The number of nitrogens with zero attached hydrogens (tertiary/aromatic N) is 1. The van der Waals surface area contributed by atoms with Crippen molar-refractivity contribution in [1.82, 2.24) is 5.32 Å². The smallest absolute Gasteiger partial charge is 0.0432 e. The second kappa shape index (κ2) is 5.96. The number of hydrogen-bond donors (Lipinski definition) is 1. The van der Waals surface area contributed by atoms with Gasteiger partial charge in [0.05, 0.1) is 0 Å². The van der Waals surface area contributed by atoms with Crippen molar-refractivity contribution in [3.05, 3.63) is 29.3 Å². The second-order valence-corrected chi connectivity index (χ2v) is 6.25. The van der Waals surface area contributed by atoms with Gasteiger partial charge in [-0.1, -0.05) is 25.1 Å². The summed E-state index contributed by atoms with van der Waals surface area (Å²) >= 11 is 0. The summed E-state index contributed by atoms with van der Waals surface area (Å²) in [5.41, 5.74) is 4.61. The van der Waals surface area contributed by atoms with Crippen LogP contribution in [0.4, 0.5) is 5.69 Å². The highest BCUT2D eigenvalue weighted by molar-refractivity contribution is 5.61. The lowest BCUT2D eigenvalue weighted by molar-refractivity contribution is 0.386. The van der Waals surface area contributed by atoms with Gasteiger partial charge in [-0.25, -0.2) is 0 Å². The van der Waals surface area contributed by atoms with E-state index in [0.29, 0.717) is 0 Å². The van der Waals surface area contributed by atoms with Gasteiger partial charge >= 0.3 is 0 Å². The van der Waals surface area contributed by atoms with E-state index in [-0.39, 0.29) is 5.54 Å². The van der Waals surface area contributed by atoms with Crippen LogP contribution in [0.5, 0.6) is 0 Å². The summed E-state index contributed by atoms with van der Waals surface area (Å²) in [7, 11) is 0. The molecule has 0 bridgehead atoms. The lowest BCUT2D eigenvalue weighted by Gasteiger charge is -2.44. The Morgan fingerprint density at radius 1 is 1.26 bits per heavy atom. The minimum Gasteiger partial charge on any atom is -0.366 e. The molecular weight excluding hydrogens is 232 g/mol. The Labute approximate surface area is 118 Å². The molecule has 1 aromatic carbocycles. The summed E-state index contributed by atoms with van der Waals surface area (Å²) < 4.78 is 0. The molecule has 106 valence electrons. The molecule has 0 amide bonds. The fraction of sp³-hybridized carbons (Fsp3) is 0.647. The van der Waals surface area contributed by atoms with Crippen molar-refractivity contribution in [2.45, 2.75) is 52.5 Å². The maximum absolute atomic E-state index is 3.53. The SMILES string of the molecule is CCc1cccc(C)c1N1CCCNCCC1(C)C. The highest BCUT2D eigenvalue weighted by Crippen LogP contribution is 2.33. The average molecular weight is 260 g/mol. The monoisotopic (exact) mass is 260 g/mol. The summed E-state index contributed by atoms with van der Waals surface area (Å²) in [6.45, 7) is 12.7. The van der Waals surface area contributed by atoms with Crippen molar-refractivity contribution < 1.29 is 0 Å². The van der Waals surface area contributed by atoms with Crippen molar-refractivity contribution in [3.63, 3.8) is 0 Å². The Hall–Kier alpha value is -1.02. The van der Waals surface area contributed by atoms with E-state index in [4.69, 9.17) is 0 Å². The number of nitrogens with one attached hydrogen (secondary N) is 1. The number of hydrogen-bond acceptors (Lipinski definition) is 2. The van der Waals surface area contributed by atoms with Crippen molar-refractivity contribution >= 4 is 5.69 Å². The first-order chi connectivity index (χ1) is 9.06. The van der Waals surface area contributed by atoms with Crippen LogP contribution in [0, 0.1) is 6.92 Å². The van der Waals surface area contributed by atoms with Crippen LogP contribution in [-0.2, 0) is 6.42 Å². The number of rotatable bonds is 2. The van der Waals surface area contributed by atoms with E-state index < -0.39 is 0 Å². The molecule has 0 aromatic heterocycles. The molecule has 1 heterocycles. The molecule has 19 heavy (non-hydrogen) atoms. The standard InChI is InChI=1S/C17H28N2/c1-5-15-9-6-8-14(2)16(15)19-13-7-11-18-12-10-17(19,3)4/h6,8-9,18H,5,7,10-13H2,1-4H3. The Balaban J connectivity index is 2.41. The van der Waals surface area contributed by atoms with Gasteiger partial charge in [-0.15, -0.1) is 0 Å². The van der Waals surface area contributed by atoms with E-state index >= 15 is 0 Å². The van der Waals surface area contributed by atoms with E-state index in [9.17, 15) is 0 Å². The average Bonchev–Trinajstić information content (AvgIpc) is 2.36. The molecule has 1 aliphatic rings. The van der Waals surface area contributed by atoms with Gasteiger partial charge in [0, 0.05) is 17.8 Å². The zero-order valence-corrected chi connectivity index (χ0v) is 12.9. The Kier molecular flexibility index (Phi) is 4.51. The number of aryl methyl sites for hydroxylation is 2. The molecule has 0 saturated carbocycles. The maximum Gasteiger partial charge on any atom is 0.0432 e. The normalized spacial score (nSPS) is 19.9. The van der Waals surface area contributed by atoms with E-state index in [1.54, 1.807) is 0 Å². The van der Waals surface area contributed by atoms with Crippen LogP contribution in [-0.4, -0.2) is 25.2 Å². The molecule has 0 atom stereocenters. The molecule has 0 aliphatic carbocycles.